The third-order valence-corrected chi connectivity index (χ3v) is 15.8. The highest BCUT2D eigenvalue weighted by Crippen LogP contribution is 2.82. The second kappa shape index (κ2) is 12.0. The third kappa shape index (κ3) is 5.84. The summed E-state index contributed by atoms with van der Waals surface area (Å²) in [7, 11) is -12.6. The van der Waals surface area contributed by atoms with Gasteiger partial charge in [0, 0.05) is 20.3 Å². The summed E-state index contributed by atoms with van der Waals surface area (Å²) in [5, 5.41) is -6.05. The van der Waals surface area contributed by atoms with Gasteiger partial charge in [-0.15, -0.1) is 0 Å². The fourth-order valence-corrected chi connectivity index (χ4v) is 13.7. The molecular weight excluding hydrogens is 607 g/mol. The number of hydrogen-bond acceptors (Lipinski definition) is 5. The number of esters is 2. The number of halogens is 5. The van der Waals surface area contributed by atoms with E-state index in [9.17, 15) is 36.1 Å². The number of alkyl halides is 5. The Balaban J connectivity index is 2.28. The van der Waals surface area contributed by atoms with E-state index in [1.165, 1.54) is 61.5 Å². The topological polar surface area (TPSA) is 110 Å². The molecule has 3 aromatic carbocycles. The summed E-state index contributed by atoms with van der Waals surface area (Å²) in [5.74, 6) is -2.94. The van der Waals surface area contributed by atoms with Gasteiger partial charge in [0.05, 0.1) is 6.42 Å². The van der Waals surface area contributed by atoms with Crippen molar-refractivity contribution in [3.63, 3.8) is 0 Å². The second-order valence-electron chi connectivity index (χ2n) is 8.93. The number of carbonyl (C=O) groups is 2. The molecule has 0 aliphatic heterocycles. The third-order valence-electron chi connectivity index (χ3n) is 5.88. The van der Waals surface area contributed by atoms with Crippen LogP contribution in [0.5, 0.6) is 0 Å². The number of ether oxygens (including phenoxy) is 2. The molecule has 14 heteroatoms. The van der Waals surface area contributed by atoms with Crippen molar-refractivity contribution in [1.82, 2.24) is 0 Å². The van der Waals surface area contributed by atoms with Crippen molar-refractivity contribution in [2.24, 2.45) is 0 Å². The van der Waals surface area contributed by atoms with Gasteiger partial charge in [-0.2, -0.15) is 22.0 Å². The molecule has 0 saturated heterocycles. The van der Waals surface area contributed by atoms with Crippen molar-refractivity contribution in [3.05, 3.63) is 103 Å². The summed E-state index contributed by atoms with van der Waals surface area (Å²) >= 11 is 0. The Morgan fingerprint density at radius 3 is 1.55 bits per heavy atom. The zero-order chi connectivity index (χ0) is 31.4. The van der Waals surface area contributed by atoms with Gasteiger partial charge in [0.15, 0.2) is 8.66 Å². The van der Waals surface area contributed by atoms with Gasteiger partial charge in [-0.25, -0.2) is 9.00 Å². The molecule has 0 aromatic heterocycles. The maximum absolute atomic E-state index is 16.4. The van der Waals surface area contributed by atoms with E-state index < -0.39 is 60.2 Å². The Bertz CT molecular complexity index is 1390. The number of rotatable bonds is 11. The molecule has 1 unspecified atom stereocenters. The minimum absolute atomic E-state index is 0.103. The average Bonchev–Trinajstić information content (AvgIpc) is 2.92. The van der Waals surface area contributed by atoms with E-state index in [1.807, 2.05) is 0 Å². The molecule has 0 heterocycles. The van der Waals surface area contributed by atoms with Crippen LogP contribution >= 0.6 is 9.06 Å². The van der Waals surface area contributed by atoms with Crippen molar-refractivity contribution in [2.75, 3.05) is 6.61 Å². The van der Waals surface area contributed by atoms with Crippen LogP contribution < -0.4 is 0 Å². The highest BCUT2D eigenvalue weighted by atomic mass is 33.2. The van der Waals surface area contributed by atoms with E-state index in [4.69, 9.17) is 0 Å². The summed E-state index contributed by atoms with van der Waals surface area (Å²) in [6.45, 7) is 3.67. The molecule has 0 amide bonds. The first-order valence-corrected chi connectivity index (χ1v) is 16.1. The van der Waals surface area contributed by atoms with Gasteiger partial charge >= 0.3 is 23.4 Å². The minimum atomic E-state index is -8.00. The molecule has 0 fully saturated rings. The standard InChI is InChI=1S/C28H27F5O7S2/c1-20(2)25(35)39-19-18-24(34)40-26(27(29,30)31)28(32,33)42(36,37,38)41(21-12-6-3-7-13-21,22-14-8-4-9-15-22)23-16-10-5-11-17-23/h3-17,26H,1,18-19H2,2H3,(H2,36,37,38). The van der Waals surface area contributed by atoms with Gasteiger partial charge in [0.25, 0.3) is 6.10 Å². The van der Waals surface area contributed by atoms with E-state index in [0.29, 0.717) is 0 Å². The SMILES string of the molecule is C=C(C)C(=O)OCCC(=O)OC(C(F)(F)F)C(F)(F)S(=O)(O)(O)S(c1ccccc1)(c1ccccc1)c1ccccc1. The maximum Gasteiger partial charge on any atom is 0.432 e. The summed E-state index contributed by atoms with van der Waals surface area (Å²) in [5.41, 5.74) is -0.103. The van der Waals surface area contributed by atoms with E-state index in [1.54, 1.807) is 0 Å². The van der Waals surface area contributed by atoms with E-state index in [2.05, 4.69) is 16.1 Å². The molecule has 2 N–H and O–H groups in total. The molecule has 0 bridgehead atoms. The van der Waals surface area contributed by atoms with Crippen LogP contribution in [0.25, 0.3) is 0 Å². The Kier molecular flexibility index (Phi) is 9.37. The normalized spacial score (nSPS) is 14.6. The zero-order valence-corrected chi connectivity index (χ0v) is 23.6. The van der Waals surface area contributed by atoms with E-state index in [0.717, 1.165) is 36.4 Å². The molecule has 0 aliphatic rings. The number of hydrogen-bond donors (Lipinski definition) is 2. The predicted octanol–water partition coefficient (Wildman–Crippen LogP) is 7.23. The average molecular weight is 635 g/mol. The van der Waals surface area contributed by atoms with Crippen LogP contribution in [0.1, 0.15) is 13.3 Å². The largest absolute Gasteiger partial charge is 0.462 e. The molecule has 228 valence electrons. The smallest absolute Gasteiger partial charge is 0.432 e. The summed E-state index contributed by atoms with van der Waals surface area (Å²) < 4.78 is 122. The van der Waals surface area contributed by atoms with Crippen molar-refractivity contribution in [2.45, 2.75) is 45.6 Å². The van der Waals surface area contributed by atoms with Gasteiger partial charge in [-0.1, -0.05) is 70.2 Å². The highest BCUT2D eigenvalue weighted by molar-refractivity contribution is 8.97. The van der Waals surface area contributed by atoms with Crippen LogP contribution in [0.4, 0.5) is 22.0 Å². The van der Waals surface area contributed by atoms with Gasteiger partial charge in [-0.3, -0.25) is 13.9 Å². The van der Waals surface area contributed by atoms with Crippen LogP contribution in [-0.4, -0.2) is 49.4 Å². The number of carbonyl (C=O) groups excluding carboxylic acids is 2. The molecule has 42 heavy (non-hydrogen) atoms. The van der Waals surface area contributed by atoms with Gasteiger partial charge in [0.1, 0.15) is 6.61 Å². The summed E-state index contributed by atoms with van der Waals surface area (Å²) in [4.78, 5) is 22.6. The molecular formula is C28H27F5O7S2. The van der Waals surface area contributed by atoms with Gasteiger partial charge in [-0.05, 0) is 43.3 Å². The predicted molar refractivity (Wildman–Crippen MR) is 146 cm³/mol. The Labute approximate surface area is 239 Å². The van der Waals surface area contributed by atoms with Crippen LogP contribution in [0.2, 0.25) is 0 Å². The van der Waals surface area contributed by atoms with E-state index in [-0.39, 0.29) is 20.3 Å². The van der Waals surface area contributed by atoms with Crippen molar-refractivity contribution < 1.29 is 54.3 Å². The van der Waals surface area contributed by atoms with E-state index >= 15 is 8.78 Å². The van der Waals surface area contributed by atoms with Crippen LogP contribution in [0.15, 0.2) is 118 Å². The second-order valence-corrected chi connectivity index (χ2v) is 16.9. The molecule has 7 nitrogen and oxygen atoms in total. The number of benzene rings is 3. The molecule has 1 atom stereocenters. The first-order valence-electron chi connectivity index (χ1n) is 12.1. The molecule has 3 rings (SSSR count). The Hall–Kier alpha value is -3.59. The van der Waals surface area contributed by atoms with Gasteiger partial charge < -0.3 is 9.47 Å². The van der Waals surface area contributed by atoms with Crippen LogP contribution in [-0.2, 0) is 27.7 Å². The fourth-order valence-electron chi connectivity index (χ4n) is 3.98. The molecule has 0 spiro atoms. The molecule has 3 aromatic rings. The molecule has 0 radical (unpaired) electrons. The summed E-state index contributed by atoms with van der Waals surface area (Å²) in [6.07, 6.45) is -11.8. The lowest BCUT2D eigenvalue weighted by molar-refractivity contribution is -0.260. The Morgan fingerprint density at radius 2 is 1.21 bits per heavy atom. The quantitative estimate of drug-likeness (QED) is 0.0992. The Morgan fingerprint density at radius 1 is 0.833 bits per heavy atom. The minimum Gasteiger partial charge on any atom is -0.462 e. The first-order chi connectivity index (χ1) is 19.5. The lowest BCUT2D eigenvalue weighted by atomic mass is 10.3. The lowest BCUT2D eigenvalue weighted by Crippen LogP contribution is -2.63. The van der Waals surface area contributed by atoms with Crippen LogP contribution in [0, 0.1) is 0 Å². The fraction of sp³-hybridized carbons (Fsp3) is 0.214. The van der Waals surface area contributed by atoms with Crippen molar-refractivity contribution >= 4 is 29.7 Å². The maximum atomic E-state index is 16.4. The lowest BCUT2D eigenvalue weighted by Gasteiger charge is -2.57. The van der Waals surface area contributed by atoms with Crippen LogP contribution in [0.3, 0.4) is 0 Å². The highest BCUT2D eigenvalue weighted by Gasteiger charge is 2.77. The molecule has 0 saturated carbocycles. The van der Waals surface area contributed by atoms with Crippen molar-refractivity contribution in [3.8, 4) is 0 Å². The first kappa shape index (κ1) is 32.9. The monoisotopic (exact) mass is 634 g/mol. The van der Waals surface area contributed by atoms with Gasteiger partial charge in [0.2, 0.25) is 0 Å². The summed E-state index contributed by atoms with van der Waals surface area (Å²) in [6, 6.07) is 18.9. The zero-order valence-electron chi connectivity index (χ0n) is 22.0. The van der Waals surface area contributed by atoms with Crippen molar-refractivity contribution in [1.29, 1.82) is 0 Å². The molecule has 0 aliphatic carbocycles.